The Morgan fingerprint density at radius 3 is 1.67 bits per heavy atom. The Morgan fingerprint density at radius 1 is 0.630 bits per heavy atom. The molecule has 1 heterocycles. The summed E-state index contributed by atoms with van der Waals surface area (Å²) in [6.45, 7) is 0. The molecule has 0 bridgehead atoms. The van der Waals surface area contributed by atoms with Gasteiger partial charge in [0.1, 0.15) is 0 Å². The third-order valence-corrected chi connectivity index (χ3v) is 4.03. The van der Waals surface area contributed by atoms with Gasteiger partial charge in [-0.25, -0.2) is 4.79 Å². The predicted octanol–water partition coefficient (Wildman–Crippen LogP) is 3.98. The molecule has 134 valence electrons. The fourth-order valence-electron chi connectivity index (χ4n) is 2.78. The molecule has 3 amide bonds. The third-order valence-electron chi connectivity index (χ3n) is 4.03. The first-order valence-electron chi connectivity index (χ1n) is 8.42. The van der Waals surface area contributed by atoms with Crippen LogP contribution in [0.25, 0.3) is 0 Å². The van der Waals surface area contributed by atoms with Crippen LogP contribution >= 0.6 is 0 Å². The lowest BCUT2D eigenvalue weighted by atomic mass is 10.1. The number of rotatable bonds is 5. The topological polar surface area (TPSA) is 59.1 Å². The van der Waals surface area contributed by atoms with Crippen LogP contribution in [0.15, 0.2) is 91.0 Å². The van der Waals surface area contributed by atoms with Crippen molar-refractivity contribution < 1.29 is 19.3 Å². The van der Waals surface area contributed by atoms with Crippen molar-refractivity contribution in [1.29, 1.82) is 0 Å². The molecule has 3 aromatic carbocycles. The number of carbonyl (C=O) groups excluding carboxylic acids is 2. The first-order chi connectivity index (χ1) is 13.2. The van der Waals surface area contributed by atoms with E-state index in [2.05, 4.69) is 0 Å². The molecule has 4 rings (SSSR count). The van der Waals surface area contributed by atoms with Crippen molar-refractivity contribution in [1.82, 2.24) is 10.1 Å². The number of hydrogen-bond donors (Lipinski definition) is 0. The van der Waals surface area contributed by atoms with E-state index in [-0.39, 0.29) is 0 Å². The highest BCUT2D eigenvalue weighted by molar-refractivity contribution is 6.03. The fourth-order valence-corrected chi connectivity index (χ4v) is 2.78. The van der Waals surface area contributed by atoms with Gasteiger partial charge in [-0.1, -0.05) is 71.8 Å². The second-order valence-corrected chi connectivity index (χ2v) is 5.86. The Morgan fingerprint density at radius 2 is 1.11 bits per heavy atom. The Kier molecular flexibility index (Phi) is 4.45. The van der Waals surface area contributed by atoms with Crippen molar-refractivity contribution >= 4 is 11.9 Å². The molecule has 1 aliphatic rings. The van der Waals surface area contributed by atoms with E-state index in [4.69, 9.17) is 9.68 Å². The monoisotopic (exact) mass is 360 g/mol. The highest BCUT2D eigenvalue weighted by Crippen LogP contribution is 2.32. The van der Waals surface area contributed by atoms with Crippen LogP contribution in [-0.4, -0.2) is 22.1 Å². The maximum absolute atomic E-state index is 13.0. The van der Waals surface area contributed by atoms with Gasteiger partial charge < -0.3 is 9.68 Å². The van der Waals surface area contributed by atoms with Crippen LogP contribution in [-0.2, 0) is 4.79 Å². The average molecular weight is 360 g/mol. The number of para-hydroxylation sites is 2. The first-order valence-corrected chi connectivity index (χ1v) is 8.42. The standard InChI is InChI=1S/C21H16N2O4/c24-20-19(16-10-4-1-5-11-16)22(26-17-12-6-2-7-13-17)21(25)23(20)27-18-14-8-3-9-15-18/h1-15,19H. The van der Waals surface area contributed by atoms with Gasteiger partial charge in [0.2, 0.25) is 0 Å². The number of carbonyl (C=O) groups is 2. The molecule has 0 aromatic heterocycles. The van der Waals surface area contributed by atoms with E-state index in [9.17, 15) is 9.59 Å². The van der Waals surface area contributed by atoms with Crippen LogP contribution in [0.1, 0.15) is 11.6 Å². The van der Waals surface area contributed by atoms with E-state index in [1.165, 1.54) is 0 Å². The van der Waals surface area contributed by atoms with Gasteiger partial charge in [0.05, 0.1) is 0 Å². The number of imide groups is 1. The Bertz CT molecular complexity index is 932. The molecular formula is C21H16N2O4. The minimum absolute atomic E-state index is 0.382. The number of hydrogen-bond acceptors (Lipinski definition) is 4. The zero-order valence-electron chi connectivity index (χ0n) is 14.3. The van der Waals surface area contributed by atoms with Gasteiger partial charge in [0.15, 0.2) is 17.5 Å². The molecule has 1 atom stereocenters. The summed E-state index contributed by atoms with van der Waals surface area (Å²) < 4.78 is 0. The molecule has 1 unspecified atom stereocenters. The SMILES string of the molecule is O=C1C(c2ccccc2)N(Oc2ccccc2)C(=O)N1Oc1ccccc1. The molecular weight excluding hydrogens is 344 g/mol. The van der Waals surface area contributed by atoms with Crippen molar-refractivity contribution in [3.8, 4) is 11.5 Å². The summed E-state index contributed by atoms with van der Waals surface area (Å²) in [6.07, 6.45) is 0. The van der Waals surface area contributed by atoms with Gasteiger partial charge in [-0.05, 0) is 29.8 Å². The molecule has 6 nitrogen and oxygen atoms in total. The third kappa shape index (κ3) is 3.32. The average Bonchev–Trinajstić information content (AvgIpc) is 2.94. The first kappa shape index (κ1) is 16.7. The van der Waals surface area contributed by atoms with E-state index < -0.39 is 18.0 Å². The zero-order chi connectivity index (χ0) is 18.6. The lowest BCUT2D eigenvalue weighted by Crippen LogP contribution is -2.37. The van der Waals surface area contributed by atoms with Crippen molar-refractivity contribution in [2.75, 3.05) is 0 Å². The summed E-state index contributed by atoms with van der Waals surface area (Å²) in [5.74, 6) is 0.305. The number of urea groups is 1. The molecule has 0 saturated carbocycles. The normalized spacial score (nSPS) is 16.5. The number of nitrogens with zero attached hydrogens (tertiary/aromatic N) is 2. The van der Waals surface area contributed by atoms with E-state index in [0.29, 0.717) is 17.1 Å². The van der Waals surface area contributed by atoms with Crippen molar-refractivity contribution in [2.45, 2.75) is 6.04 Å². The van der Waals surface area contributed by atoms with Crippen molar-refractivity contribution in [2.24, 2.45) is 0 Å². The molecule has 0 radical (unpaired) electrons. The van der Waals surface area contributed by atoms with Gasteiger partial charge in [0.25, 0.3) is 5.91 Å². The summed E-state index contributed by atoms with van der Waals surface area (Å²) in [7, 11) is 0. The Hall–Kier alpha value is -3.80. The van der Waals surface area contributed by atoms with Crippen LogP contribution in [0.4, 0.5) is 4.79 Å². The molecule has 1 fully saturated rings. The molecule has 1 aliphatic heterocycles. The summed E-state index contributed by atoms with van der Waals surface area (Å²) in [6, 6.07) is 24.8. The summed E-state index contributed by atoms with van der Waals surface area (Å²) in [5.41, 5.74) is 0.631. The van der Waals surface area contributed by atoms with Crippen LogP contribution in [0, 0.1) is 0 Å². The van der Waals surface area contributed by atoms with Crippen molar-refractivity contribution in [3.05, 3.63) is 96.6 Å². The lowest BCUT2D eigenvalue weighted by Gasteiger charge is -2.21. The second-order valence-electron chi connectivity index (χ2n) is 5.86. The highest BCUT2D eigenvalue weighted by Gasteiger charge is 2.50. The largest absolute Gasteiger partial charge is 0.395 e. The van der Waals surface area contributed by atoms with E-state index in [1.807, 2.05) is 18.2 Å². The lowest BCUT2D eigenvalue weighted by molar-refractivity contribution is -0.145. The molecule has 1 saturated heterocycles. The molecule has 0 aliphatic carbocycles. The van der Waals surface area contributed by atoms with E-state index in [0.717, 1.165) is 10.1 Å². The van der Waals surface area contributed by atoms with Crippen LogP contribution < -0.4 is 9.68 Å². The summed E-state index contributed by atoms with van der Waals surface area (Å²) in [5, 5.41) is 1.77. The minimum atomic E-state index is -0.942. The molecule has 0 N–H and O–H groups in total. The number of benzene rings is 3. The van der Waals surface area contributed by atoms with Gasteiger partial charge in [0, 0.05) is 0 Å². The summed E-state index contributed by atoms with van der Waals surface area (Å²) in [4.78, 5) is 37.1. The van der Waals surface area contributed by atoms with E-state index >= 15 is 0 Å². The second kappa shape index (κ2) is 7.21. The van der Waals surface area contributed by atoms with Crippen LogP contribution in [0.5, 0.6) is 11.5 Å². The zero-order valence-corrected chi connectivity index (χ0v) is 14.3. The van der Waals surface area contributed by atoms with Crippen LogP contribution in [0.2, 0.25) is 0 Å². The highest BCUT2D eigenvalue weighted by atomic mass is 16.7. The quantitative estimate of drug-likeness (QED) is 0.646. The predicted molar refractivity (Wildman–Crippen MR) is 97.4 cm³/mol. The van der Waals surface area contributed by atoms with Crippen LogP contribution in [0.3, 0.4) is 0 Å². The van der Waals surface area contributed by atoms with Gasteiger partial charge in [-0.15, -0.1) is 5.06 Å². The van der Waals surface area contributed by atoms with Crippen molar-refractivity contribution in [3.63, 3.8) is 0 Å². The maximum Gasteiger partial charge on any atom is 0.395 e. The molecule has 6 heteroatoms. The minimum Gasteiger partial charge on any atom is -0.374 e. The molecule has 27 heavy (non-hydrogen) atoms. The maximum atomic E-state index is 13.0. The molecule has 3 aromatic rings. The number of hydroxylamine groups is 4. The van der Waals surface area contributed by atoms with E-state index in [1.54, 1.807) is 72.8 Å². The van der Waals surface area contributed by atoms with Gasteiger partial charge >= 0.3 is 6.03 Å². The molecule has 0 spiro atoms. The van der Waals surface area contributed by atoms with Gasteiger partial charge in [-0.3, -0.25) is 4.79 Å². The van der Waals surface area contributed by atoms with Gasteiger partial charge in [-0.2, -0.15) is 0 Å². The fraction of sp³-hybridized carbons (Fsp3) is 0.0476. The Balaban J connectivity index is 1.68. The summed E-state index contributed by atoms with van der Waals surface area (Å²) >= 11 is 0. The Labute approximate surface area is 156 Å². The number of amides is 3. The smallest absolute Gasteiger partial charge is 0.374 e.